The third-order valence-corrected chi connectivity index (χ3v) is 6.99. The summed E-state index contributed by atoms with van der Waals surface area (Å²) >= 11 is 10.3. The monoisotopic (exact) mass is 486 g/mol. The number of hydrogen-bond acceptors (Lipinski definition) is 7. The van der Waals surface area contributed by atoms with Gasteiger partial charge >= 0.3 is 0 Å². The van der Waals surface area contributed by atoms with E-state index in [1.54, 1.807) is 37.3 Å². The molecule has 0 spiro atoms. The van der Waals surface area contributed by atoms with Crippen LogP contribution in [0.3, 0.4) is 0 Å². The zero-order chi connectivity index (χ0) is 23.0. The van der Waals surface area contributed by atoms with Gasteiger partial charge in [0.2, 0.25) is 0 Å². The fraction of sp³-hybridized carbons (Fsp3) is 0.0476. The lowest BCUT2D eigenvalue weighted by Gasteiger charge is -2.14. The quantitative estimate of drug-likeness (QED) is 0.226. The van der Waals surface area contributed by atoms with Gasteiger partial charge in [0.05, 0.1) is 21.5 Å². The highest BCUT2D eigenvalue weighted by Gasteiger charge is 2.25. The fourth-order valence-corrected chi connectivity index (χ4v) is 5.10. The molecular formula is C21H15ClN4O4S2. The predicted molar refractivity (Wildman–Crippen MR) is 126 cm³/mol. The van der Waals surface area contributed by atoms with Crippen molar-refractivity contribution in [1.82, 2.24) is 9.97 Å². The molecule has 1 aromatic heterocycles. The lowest BCUT2D eigenvalue weighted by atomic mass is 10.1. The number of aryl methyl sites for hydroxylation is 1. The Kier molecular flexibility index (Phi) is 5.76. The van der Waals surface area contributed by atoms with Crippen molar-refractivity contribution in [1.29, 1.82) is 0 Å². The number of benzene rings is 3. The molecule has 0 saturated heterocycles. The second-order valence-corrected chi connectivity index (χ2v) is 9.40. The van der Waals surface area contributed by atoms with E-state index in [0.717, 1.165) is 0 Å². The van der Waals surface area contributed by atoms with Crippen LogP contribution in [-0.2, 0) is 10.0 Å². The van der Waals surface area contributed by atoms with Gasteiger partial charge < -0.3 is 0 Å². The van der Waals surface area contributed by atoms with Gasteiger partial charge in [-0.05, 0) is 42.8 Å². The lowest BCUT2D eigenvalue weighted by Crippen LogP contribution is -2.16. The third-order valence-electron chi connectivity index (χ3n) is 4.69. The number of aromatic nitrogens is 2. The Morgan fingerprint density at radius 2 is 1.66 bits per heavy atom. The standard InChI is InChI=1S/C21H15ClN4O4S2/c1-12-10-19(18(31)11-14(12)22)32(29,30)25-21-20(13-6-2-5-9-17(13)26(27)28)23-15-7-3-4-8-16(15)24-21/h2-11,31H,1H3,(H,24,25). The summed E-state index contributed by atoms with van der Waals surface area (Å²) in [4.78, 5) is 20.0. The Bertz CT molecular complexity index is 1490. The molecule has 1 heterocycles. The Balaban J connectivity index is 1.94. The number of hydrogen-bond donors (Lipinski definition) is 2. The maximum Gasteiger partial charge on any atom is 0.278 e. The van der Waals surface area contributed by atoms with Gasteiger partial charge in [-0.15, -0.1) is 12.6 Å². The molecule has 32 heavy (non-hydrogen) atoms. The van der Waals surface area contributed by atoms with Crippen LogP contribution >= 0.6 is 24.2 Å². The molecule has 1 N–H and O–H groups in total. The minimum Gasteiger partial charge on any atom is -0.261 e. The highest BCUT2D eigenvalue weighted by molar-refractivity contribution is 7.93. The normalized spacial score (nSPS) is 11.5. The van der Waals surface area contributed by atoms with E-state index in [2.05, 4.69) is 27.3 Å². The molecule has 162 valence electrons. The summed E-state index contributed by atoms with van der Waals surface area (Å²) in [6.45, 7) is 1.67. The van der Waals surface area contributed by atoms with Gasteiger partial charge in [-0.1, -0.05) is 35.9 Å². The molecule has 3 aromatic carbocycles. The molecule has 0 amide bonds. The van der Waals surface area contributed by atoms with E-state index in [9.17, 15) is 18.5 Å². The highest BCUT2D eigenvalue weighted by atomic mass is 35.5. The van der Waals surface area contributed by atoms with E-state index in [1.807, 2.05) is 0 Å². The van der Waals surface area contributed by atoms with Gasteiger partial charge in [0.1, 0.15) is 10.6 Å². The Hall–Kier alpha value is -3.21. The van der Waals surface area contributed by atoms with Crippen LogP contribution in [0.25, 0.3) is 22.3 Å². The first-order valence-corrected chi connectivity index (χ1v) is 11.5. The topological polar surface area (TPSA) is 115 Å². The molecule has 0 bridgehead atoms. The summed E-state index contributed by atoms with van der Waals surface area (Å²) in [5.74, 6) is -0.140. The van der Waals surface area contributed by atoms with Gasteiger partial charge in [-0.25, -0.2) is 18.4 Å². The molecule has 0 aliphatic rings. The fourth-order valence-electron chi connectivity index (χ4n) is 3.13. The van der Waals surface area contributed by atoms with Crippen LogP contribution in [0, 0.1) is 17.0 Å². The van der Waals surface area contributed by atoms with Crippen molar-refractivity contribution in [3.63, 3.8) is 0 Å². The number of halogens is 1. The maximum atomic E-state index is 13.2. The van der Waals surface area contributed by atoms with Crippen molar-refractivity contribution in [2.24, 2.45) is 0 Å². The Morgan fingerprint density at radius 1 is 1.03 bits per heavy atom. The minimum absolute atomic E-state index is 0.0333. The lowest BCUT2D eigenvalue weighted by molar-refractivity contribution is -0.384. The van der Waals surface area contributed by atoms with Crippen molar-refractivity contribution in [3.8, 4) is 11.3 Å². The molecule has 0 aliphatic heterocycles. The number of nitro groups is 1. The van der Waals surface area contributed by atoms with Crippen molar-refractivity contribution in [2.75, 3.05) is 4.72 Å². The van der Waals surface area contributed by atoms with Crippen molar-refractivity contribution in [2.45, 2.75) is 16.7 Å². The summed E-state index contributed by atoms with van der Waals surface area (Å²) < 4.78 is 28.9. The minimum atomic E-state index is -4.17. The smallest absolute Gasteiger partial charge is 0.261 e. The van der Waals surface area contributed by atoms with Gasteiger partial charge in [0.25, 0.3) is 15.7 Å². The summed E-state index contributed by atoms with van der Waals surface area (Å²) in [6.07, 6.45) is 0. The van der Waals surface area contributed by atoms with Crippen LogP contribution in [-0.4, -0.2) is 23.3 Å². The molecule has 0 fully saturated rings. The maximum absolute atomic E-state index is 13.2. The van der Waals surface area contributed by atoms with E-state index in [1.165, 1.54) is 30.3 Å². The van der Waals surface area contributed by atoms with Crippen LogP contribution in [0.2, 0.25) is 5.02 Å². The number of anilines is 1. The van der Waals surface area contributed by atoms with Crippen LogP contribution in [0.1, 0.15) is 5.56 Å². The Morgan fingerprint density at radius 3 is 2.34 bits per heavy atom. The SMILES string of the molecule is Cc1cc(S(=O)(=O)Nc2nc3ccccc3nc2-c2ccccc2[N+](=O)[O-])c(S)cc1Cl. The van der Waals surface area contributed by atoms with E-state index in [0.29, 0.717) is 21.6 Å². The van der Waals surface area contributed by atoms with E-state index < -0.39 is 14.9 Å². The summed E-state index contributed by atoms with van der Waals surface area (Å²) in [5, 5.41) is 12.0. The predicted octanol–water partition coefficient (Wildman–Crippen LogP) is 5.26. The summed E-state index contributed by atoms with van der Waals surface area (Å²) in [7, 11) is -4.17. The first-order chi connectivity index (χ1) is 15.2. The Labute approximate surface area is 193 Å². The summed E-state index contributed by atoms with van der Waals surface area (Å²) in [5.41, 5.74) is 1.37. The number of nitrogens with one attached hydrogen (secondary N) is 1. The van der Waals surface area contributed by atoms with Crippen LogP contribution < -0.4 is 4.72 Å². The molecule has 4 aromatic rings. The summed E-state index contributed by atoms with van der Waals surface area (Å²) in [6, 6.07) is 15.6. The van der Waals surface area contributed by atoms with Gasteiger partial charge in [0, 0.05) is 16.0 Å². The highest BCUT2D eigenvalue weighted by Crippen LogP contribution is 2.35. The van der Waals surface area contributed by atoms with Crippen LogP contribution in [0.5, 0.6) is 0 Å². The average Bonchev–Trinajstić information content (AvgIpc) is 2.75. The van der Waals surface area contributed by atoms with Crippen molar-refractivity contribution in [3.05, 3.63) is 81.4 Å². The molecular weight excluding hydrogens is 472 g/mol. The molecule has 0 aliphatic carbocycles. The second-order valence-electron chi connectivity index (χ2n) is 6.86. The zero-order valence-corrected chi connectivity index (χ0v) is 18.9. The number of para-hydroxylation sites is 3. The number of sulfonamides is 1. The van der Waals surface area contributed by atoms with Crippen LogP contribution in [0.15, 0.2) is 70.5 Å². The number of nitro benzene ring substituents is 1. The third kappa shape index (κ3) is 4.12. The molecule has 0 radical (unpaired) electrons. The van der Waals surface area contributed by atoms with Gasteiger partial charge in [0.15, 0.2) is 5.82 Å². The van der Waals surface area contributed by atoms with E-state index in [4.69, 9.17) is 11.6 Å². The largest absolute Gasteiger partial charge is 0.278 e. The molecule has 4 rings (SSSR count). The zero-order valence-electron chi connectivity index (χ0n) is 16.5. The second kappa shape index (κ2) is 8.38. The number of thiol groups is 1. The van der Waals surface area contributed by atoms with Crippen LogP contribution in [0.4, 0.5) is 11.5 Å². The number of nitrogens with zero attached hydrogens (tertiary/aromatic N) is 3. The van der Waals surface area contributed by atoms with Gasteiger partial charge in [-0.3, -0.25) is 14.8 Å². The van der Waals surface area contributed by atoms with Gasteiger partial charge in [-0.2, -0.15) is 0 Å². The molecule has 8 nitrogen and oxygen atoms in total. The first-order valence-electron chi connectivity index (χ1n) is 9.20. The average molecular weight is 487 g/mol. The molecule has 11 heteroatoms. The molecule has 0 saturated carbocycles. The van der Waals surface area contributed by atoms with E-state index in [-0.39, 0.29) is 32.6 Å². The first kappa shape index (κ1) is 22.0. The number of rotatable bonds is 5. The van der Waals surface area contributed by atoms with E-state index >= 15 is 0 Å². The molecule has 0 unspecified atom stereocenters. The van der Waals surface area contributed by atoms with Crippen molar-refractivity contribution >= 4 is 56.8 Å². The number of fused-ring (bicyclic) bond motifs is 1. The molecule has 0 atom stereocenters. The van der Waals surface area contributed by atoms with Crippen molar-refractivity contribution < 1.29 is 13.3 Å².